The lowest BCUT2D eigenvalue weighted by Crippen LogP contribution is -2.42. The van der Waals surface area contributed by atoms with E-state index in [4.69, 9.17) is 0 Å². The molecule has 0 radical (unpaired) electrons. The molecular formula is C22H22N2O2S2. The van der Waals surface area contributed by atoms with E-state index < -0.39 is 0 Å². The van der Waals surface area contributed by atoms with Gasteiger partial charge in [0.2, 0.25) is 11.8 Å². The number of benzene rings is 1. The number of fused-ring (bicyclic) bond motifs is 1. The first-order valence-electron chi connectivity index (χ1n) is 9.34. The molecule has 0 spiro atoms. The monoisotopic (exact) mass is 410 g/mol. The first-order valence-corrected chi connectivity index (χ1v) is 11.1. The predicted octanol–water partition coefficient (Wildman–Crippen LogP) is 4.55. The van der Waals surface area contributed by atoms with Crippen LogP contribution in [0.4, 0.5) is 0 Å². The summed E-state index contributed by atoms with van der Waals surface area (Å²) >= 11 is 3.33. The molecule has 1 aliphatic rings. The van der Waals surface area contributed by atoms with E-state index in [0.29, 0.717) is 6.54 Å². The van der Waals surface area contributed by atoms with Gasteiger partial charge in [0.1, 0.15) is 0 Å². The second-order valence-electron chi connectivity index (χ2n) is 6.92. The molecule has 4 nitrogen and oxygen atoms in total. The number of rotatable bonds is 5. The number of hydrogen-bond acceptors (Lipinski definition) is 4. The Morgan fingerprint density at radius 3 is 2.64 bits per heavy atom. The van der Waals surface area contributed by atoms with Gasteiger partial charge in [-0.1, -0.05) is 36.4 Å². The van der Waals surface area contributed by atoms with Crippen LogP contribution in [0.15, 0.2) is 59.3 Å². The highest BCUT2D eigenvalue weighted by molar-refractivity contribution is 7.10. The van der Waals surface area contributed by atoms with E-state index in [9.17, 15) is 9.59 Å². The van der Waals surface area contributed by atoms with Crippen LogP contribution in [0.2, 0.25) is 0 Å². The molecular weight excluding hydrogens is 388 g/mol. The van der Waals surface area contributed by atoms with Crippen molar-refractivity contribution in [2.24, 2.45) is 0 Å². The second kappa shape index (κ2) is 8.29. The van der Waals surface area contributed by atoms with E-state index >= 15 is 0 Å². The molecule has 144 valence electrons. The summed E-state index contributed by atoms with van der Waals surface area (Å²) in [5, 5.41) is 7.03. The molecule has 2 amide bonds. The van der Waals surface area contributed by atoms with Gasteiger partial charge in [-0.15, -0.1) is 22.7 Å². The Morgan fingerprint density at radius 1 is 1.11 bits per heavy atom. The lowest BCUT2D eigenvalue weighted by atomic mass is 9.92. The number of hydrogen-bond donors (Lipinski definition) is 1. The molecule has 3 heterocycles. The molecule has 2 unspecified atom stereocenters. The maximum atomic E-state index is 13.4. The predicted molar refractivity (Wildman–Crippen MR) is 114 cm³/mol. The number of carbonyl (C=O) groups is 2. The standard InChI is InChI=1S/C22H22N2O2S2/c1-15(25)23-18(20-8-5-12-27-20)14-21(26)24-11-9-19-17(10-13-28-19)22(24)16-6-3-2-4-7-16/h2-8,10,12-13,18,22H,9,11,14H2,1H3,(H,23,25). The second-order valence-corrected chi connectivity index (χ2v) is 8.90. The quantitative estimate of drug-likeness (QED) is 0.671. The van der Waals surface area contributed by atoms with Crippen LogP contribution in [0.1, 0.15) is 46.3 Å². The van der Waals surface area contributed by atoms with Crippen LogP contribution in [0.25, 0.3) is 0 Å². The van der Waals surface area contributed by atoms with Crippen LogP contribution in [0.5, 0.6) is 0 Å². The van der Waals surface area contributed by atoms with E-state index in [1.165, 1.54) is 17.4 Å². The van der Waals surface area contributed by atoms with Gasteiger partial charge in [-0.2, -0.15) is 0 Å². The fourth-order valence-electron chi connectivity index (χ4n) is 3.83. The summed E-state index contributed by atoms with van der Waals surface area (Å²) in [5.74, 6) is -0.0533. The molecule has 6 heteroatoms. The highest BCUT2D eigenvalue weighted by atomic mass is 32.1. The molecule has 1 N–H and O–H groups in total. The fourth-order valence-corrected chi connectivity index (χ4v) is 5.51. The average molecular weight is 411 g/mol. The van der Waals surface area contributed by atoms with Gasteiger partial charge in [0.25, 0.3) is 0 Å². The van der Waals surface area contributed by atoms with E-state index in [1.807, 2.05) is 40.6 Å². The summed E-state index contributed by atoms with van der Waals surface area (Å²) in [4.78, 5) is 29.4. The number of carbonyl (C=O) groups excluding carboxylic acids is 2. The van der Waals surface area contributed by atoms with Crippen molar-refractivity contribution in [1.82, 2.24) is 10.2 Å². The molecule has 0 aliphatic carbocycles. The molecule has 28 heavy (non-hydrogen) atoms. The van der Waals surface area contributed by atoms with Crippen LogP contribution in [-0.2, 0) is 16.0 Å². The zero-order valence-electron chi connectivity index (χ0n) is 15.6. The van der Waals surface area contributed by atoms with Crippen molar-refractivity contribution in [2.75, 3.05) is 6.54 Å². The summed E-state index contributed by atoms with van der Waals surface area (Å²) in [6.07, 6.45) is 1.15. The van der Waals surface area contributed by atoms with Crippen LogP contribution >= 0.6 is 22.7 Å². The van der Waals surface area contributed by atoms with Gasteiger partial charge in [-0.25, -0.2) is 0 Å². The summed E-state index contributed by atoms with van der Waals surface area (Å²) < 4.78 is 0. The summed E-state index contributed by atoms with van der Waals surface area (Å²) in [5.41, 5.74) is 2.35. The van der Waals surface area contributed by atoms with E-state index in [1.54, 1.807) is 22.7 Å². The molecule has 2 aromatic heterocycles. The smallest absolute Gasteiger partial charge is 0.225 e. The minimum Gasteiger partial charge on any atom is -0.348 e. The fraction of sp³-hybridized carbons (Fsp3) is 0.273. The molecule has 1 aliphatic heterocycles. The molecule has 0 saturated carbocycles. The SMILES string of the molecule is CC(=O)NC(CC(=O)N1CCc2sccc2C1c1ccccc1)c1cccs1. The molecule has 0 bridgehead atoms. The maximum absolute atomic E-state index is 13.4. The van der Waals surface area contributed by atoms with Crippen molar-refractivity contribution in [3.8, 4) is 0 Å². The Kier molecular flexibility index (Phi) is 5.59. The average Bonchev–Trinajstić information content (AvgIpc) is 3.38. The molecule has 0 fully saturated rings. The number of nitrogens with zero attached hydrogens (tertiary/aromatic N) is 1. The summed E-state index contributed by atoms with van der Waals surface area (Å²) in [6.45, 7) is 2.19. The first kappa shape index (κ1) is 18.9. The van der Waals surface area contributed by atoms with Crippen molar-refractivity contribution in [3.63, 3.8) is 0 Å². The number of amides is 2. The van der Waals surface area contributed by atoms with Crippen LogP contribution in [-0.4, -0.2) is 23.3 Å². The third-order valence-electron chi connectivity index (χ3n) is 5.04. The van der Waals surface area contributed by atoms with Gasteiger partial charge in [-0.3, -0.25) is 9.59 Å². The number of nitrogens with one attached hydrogen (secondary N) is 1. The topological polar surface area (TPSA) is 49.4 Å². The Bertz CT molecular complexity index is 950. The molecule has 0 saturated heterocycles. The lowest BCUT2D eigenvalue weighted by molar-refractivity contribution is -0.134. The summed E-state index contributed by atoms with van der Waals surface area (Å²) in [6, 6.07) is 15.9. The van der Waals surface area contributed by atoms with Crippen molar-refractivity contribution < 1.29 is 9.59 Å². The third-order valence-corrected chi connectivity index (χ3v) is 7.03. The Hall–Kier alpha value is -2.44. The largest absolute Gasteiger partial charge is 0.348 e. The highest BCUT2D eigenvalue weighted by Gasteiger charge is 2.34. The summed E-state index contributed by atoms with van der Waals surface area (Å²) in [7, 11) is 0. The van der Waals surface area contributed by atoms with Crippen LogP contribution < -0.4 is 5.32 Å². The Labute approximate surface area is 172 Å². The van der Waals surface area contributed by atoms with Gasteiger partial charge in [-0.05, 0) is 40.4 Å². The van der Waals surface area contributed by atoms with Gasteiger partial charge in [0, 0.05) is 23.2 Å². The van der Waals surface area contributed by atoms with E-state index in [-0.39, 0.29) is 30.3 Å². The minimum atomic E-state index is -0.287. The van der Waals surface area contributed by atoms with Crippen LogP contribution in [0.3, 0.4) is 0 Å². The number of thiophene rings is 2. The van der Waals surface area contributed by atoms with Gasteiger partial charge >= 0.3 is 0 Å². The minimum absolute atomic E-state index is 0.0648. The van der Waals surface area contributed by atoms with Gasteiger partial charge in [0.15, 0.2) is 0 Å². The molecule has 2 atom stereocenters. The first-order chi connectivity index (χ1) is 13.6. The van der Waals surface area contributed by atoms with Crippen molar-refractivity contribution in [1.29, 1.82) is 0 Å². The molecule has 1 aromatic carbocycles. The lowest BCUT2D eigenvalue weighted by Gasteiger charge is -2.37. The Morgan fingerprint density at radius 2 is 1.93 bits per heavy atom. The molecule has 3 aromatic rings. The van der Waals surface area contributed by atoms with E-state index in [0.717, 1.165) is 16.9 Å². The van der Waals surface area contributed by atoms with Gasteiger partial charge in [0.05, 0.1) is 18.5 Å². The zero-order valence-corrected chi connectivity index (χ0v) is 17.3. The van der Waals surface area contributed by atoms with Crippen molar-refractivity contribution in [2.45, 2.75) is 31.8 Å². The highest BCUT2D eigenvalue weighted by Crippen LogP contribution is 2.38. The van der Waals surface area contributed by atoms with Crippen molar-refractivity contribution in [3.05, 3.63) is 80.2 Å². The van der Waals surface area contributed by atoms with Crippen LogP contribution in [0, 0.1) is 0 Å². The maximum Gasteiger partial charge on any atom is 0.225 e. The molecule has 4 rings (SSSR count). The van der Waals surface area contributed by atoms with Crippen molar-refractivity contribution >= 4 is 34.5 Å². The normalized spacial score (nSPS) is 17.0. The third kappa shape index (κ3) is 3.88. The van der Waals surface area contributed by atoms with E-state index in [2.05, 4.69) is 28.9 Å². The van der Waals surface area contributed by atoms with Gasteiger partial charge < -0.3 is 10.2 Å². The zero-order chi connectivity index (χ0) is 19.5. The Balaban J connectivity index is 1.62.